The van der Waals surface area contributed by atoms with E-state index in [1.54, 1.807) is 25.3 Å². The van der Waals surface area contributed by atoms with Crippen molar-refractivity contribution in [3.8, 4) is 11.7 Å². The lowest BCUT2D eigenvalue weighted by atomic mass is 10.4. The predicted molar refractivity (Wildman–Crippen MR) is 65.3 cm³/mol. The number of pyridine rings is 1. The molecule has 0 aliphatic carbocycles. The summed E-state index contributed by atoms with van der Waals surface area (Å²) in [5.74, 6) is 0.397. The fourth-order valence-corrected chi connectivity index (χ4v) is 1.84. The first kappa shape index (κ1) is 13.9. The molecule has 0 saturated carbocycles. The zero-order valence-corrected chi connectivity index (χ0v) is 11.4. The predicted octanol–water partition coefficient (Wildman–Crippen LogP) is 3.28. The van der Waals surface area contributed by atoms with Crippen LogP contribution in [0.25, 0.3) is 5.82 Å². The van der Waals surface area contributed by atoms with E-state index in [1.165, 1.54) is 10.7 Å². The molecule has 0 amide bonds. The molecule has 19 heavy (non-hydrogen) atoms. The minimum Gasteiger partial charge on any atom is -0.467 e. The van der Waals surface area contributed by atoms with E-state index in [1.807, 2.05) is 0 Å². The van der Waals surface area contributed by atoms with Crippen LogP contribution in [0.15, 0.2) is 28.9 Å². The van der Waals surface area contributed by atoms with Crippen molar-refractivity contribution >= 4 is 15.9 Å². The van der Waals surface area contributed by atoms with Crippen molar-refractivity contribution in [2.24, 2.45) is 0 Å². The Hall–Kier alpha value is -1.57. The molecule has 0 atom stereocenters. The number of alkyl halides is 3. The van der Waals surface area contributed by atoms with Gasteiger partial charge in [0.25, 0.3) is 0 Å². The number of nitrogens with zero attached hydrogens (tertiary/aromatic N) is 3. The summed E-state index contributed by atoms with van der Waals surface area (Å²) in [5.41, 5.74) is 0.622. The van der Waals surface area contributed by atoms with E-state index in [9.17, 15) is 13.2 Å². The molecule has 0 aliphatic heterocycles. The minimum absolute atomic E-state index is 0.0904. The van der Waals surface area contributed by atoms with E-state index in [2.05, 4.69) is 30.7 Å². The Morgan fingerprint density at radius 1 is 1.42 bits per heavy atom. The average molecular weight is 336 g/mol. The first-order valence-corrected chi connectivity index (χ1v) is 6.03. The third-order valence-corrected chi connectivity index (χ3v) is 2.81. The Bertz CT molecular complexity index is 583. The van der Waals surface area contributed by atoms with Crippen LogP contribution in [0, 0.1) is 6.92 Å². The highest BCUT2D eigenvalue weighted by Gasteiger charge is 2.29. The van der Waals surface area contributed by atoms with E-state index in [4.69, 9.17) is 0 Å². The van der Waals surface area contributed by atoms with Crippen molar-refractivity contribution in [1.29, 1.82) is 0 Å². The van der Waals surface area contributed by atoms with Crippen molar-refractivity contribution in [2.45, 2.75) is 13.1 Å². The van der Waals surface area contributed by atoms with Gasteiger partial charge in [0.05, 0.1) is 4.47 Å². The lowest BCUT2D eigenvalue weighted by molar-refractivity contribution is -0.154. The lowest BCUT2D eigenvalue weighted by Gasteiger charge is -2.06. The Kier molecular flexibility index (Phi) is 3.79. The molecule has 4 nitrogen and oxygen atoms in total. The third-order valence-electron chi connectivity index (χ3n) is 2.19. The molecule has 102 valence electrons. The van der Waals surface area contributed by atoms with Crippen LogP contribution in [0.3, 0.4) is 0 Å². The van der Waals surface area contributed by atoms with Gasteiger partial charge in [0, 0.05) is 18.0 Å². The van der Waals surface area contributed by atoms with Gasteiger partial charge in [-0.15, -0.1) is 5.10 Å². The maximum absolute atomic E-state index is 12.1. The molecule has 0 spiro atoms. The second-order valence-corrected chi connectivity index (χ2v) is 4.60. The first-order chi connectivity index (χ1) is 8.87. The zero-order valence-electron chi connectivity index (χ0n) is 9.78. The van der Waals surface area contributed by atoms with Crippen molar-refractivity contribution in [2.75, 3.05) is 6.61 Å². The quantitative estimate of drug-likeness (QED) is 0.864. The second kappa shape index (κ2) is 5.20. The van der Waals surface area contributed by atoms with Crippen LogP contribution in [-0.2, 0) is 0 Å². The van der Waals surface area contributed by atoms with Crippen LogP contribution in [-0.4, -0.2) is 27.5 Å². The van der Waals surface area contributed by atoms with E-state index >= 15 is 0 Å². The topological polar surface area (TPSA) is 39.9 Å². The van der Waals surface area contributed by atoms with Gasteiger partial charge >= 0.3 is 6.18 Å². The smallest absolute Gasteiger partial charge is 0.422 e. The van der Waals surface area contributed by atoms with Crippen LogP contribution in [0.4, 0.5) is 13.2 Å². The summed E-state index contributed by atoms with van der Waals surface area (Å²) in [6.07, 6.45) is -2.82. The number of aryl methyl sites for hydroxylation is 1. The second-order valence-electron chi connectivity index (χ2n) is 3.75. The van der Waals surface area contributed by atoms with E-state index in [0.29, 0.717) is 16.0 Å². The molecule has 0 N–H and O–H groups in total. The maximum Gasteiger partial charge on any atom is 0.422 e. The largest absolute Gasteiger partial charge is 0.467 e. The summed E-state index contributed by atoms with van der Waals surface area (Å²) in [6, 6.07) is 4.92. The number of rotatable bonds is 3. The fraction of sp³-hybridized carbons (Fsp3) is 0.273. The monoisotopic (exact) mass is 335 g/mol. The van der Waals surface area contributed by atoms with Crippen LogP contribution in [0.5, 0.6) is 5.88 Å². The molecule has 0 radical (unpaired) electrons. The standard InChI is InChI=1S/C11H9BrF3N3O/c1-7-5-9(19-6-11(13,14)15)17-18(7)10-8(12)3-2-4-16-10/h2-5H,6H2,1H3. The molecular formula is C11H9BrF3N3O. The van der Waals surface area contributed by atoms with Crippen molar-refractivity contribution < 1.29 is 17.9 Å². The Morgan fingerprint density at radius 3 is 2.79 bits per heavy atom. The normalized spacial score (nSPS) is 11.6. The van der Waals surface area contributed by atoms with Gasteiger partial charge in [-0.25, -0.2) is 9.67 Å². The Morgan fingerprint density at radius 2 is 2.16 bits per heavy atom. The molecule has 2 aromatic heterocycles. The van der Waals surface area contributed by atoms with Gasteiger partial charge in [-0.2, -0.15) is 13.2 Å². The molecule has 2 rings (SSSR count). The molecule has 0 fully saturated rings. The molecular weight excluding hydrogens is 327 g/mol. The van der Waals surface area contributed by atoms with Gasteiger partial charge in [0.2, 0.25) is 5.88 Å². The van der Waals surface area contributed by atoms with Gasteiger partial charge in [0.15, 0.2) is 12.4 Å². The summed E-state index contributed by atoms with van der Waals surface area (Å²) in [6.45, 7) is 0.335. The van der Waals surface area contributed by atoms with E-state index in [0.717, 1.165) is 0 Å². The molecule has 0 aliphatic rings. The van der Waals surface area contributed by atoms with Crippen molar-refractivity contribution in [3.63, 3.8) is 0 Å². The van der Waals surface area contributed by atoms with Gasteiger partial charge in [0.1, 0.15) is 0 Å². The highest BCUT2D eigenvalue weighted by atomic mass is 79.9. The summed E-state index contributed by atoms with van der Waals surface area (Å²) in [7, 11) is 0. The molecule has 0 aromatic carbocycles. The zero-order chi connectivity index (χ0) is 14.0. The highest BCUT2D eigenvalue weighted by Crippen LogP contribution is 2.23. The summed E-state index contributed by atoms with van der Waals surface area (Å²) < 4.78 is 42.9. The van der Waals surface area contributed by atoms with Crippen LogP contribution in [0.1, 0.15) is 5.69 Å². The van der Waals surface area contributed by atoms with Crippen LogP contribution >= 0.6 is 15.9 Å². The molecule has 0 bridgehead atoms. The molecule has 2 aromatic rings. The Balaban J connectivity index is 2.25. The van der Waals surface area contributed by atoms with E-state index in [-0.39, 0.29) is 5.88 Å². The molecule has 0 saturated heterocycles. The average Bonchev–Trinajstić information content (AvgIpc) is 2.68. The SMILES string of the molecule is Cc1cc(OCC(F)(F)F)nn1-c1ncccc1Br. The summed E-state index contributed by atoms with van der Waals surface area (Å²) in [4.78, 5) is 4.11. The maximum atomic E-state index is 12.1. The number of aromatic nitrogens is 3. The molecule has 0 unspecified atom stereocenters. The van der Waals surface area contributed by atoms with Gasteiger partial charge in [-0.1, -0.05) is 0 Å². The van der Waals surface area contributed by atoms with Crippen LogP contribution in [0.2, 0.25) is 0 Å². The Labute approximate surface area is 115 Å². The van der Waals surface area contributed by atoms with Gasteiger partial charge in [-0.3, -0.25) is 0 Å². The van der Waals surface area contributed by atoms with Crippen molar-refractivity contribution in [1.82, 2.24) is 14.8 Å². The van der Waals surface area contributed by atoms with Gasteiger partial charge < -0.3 is 4.74 Å². The highest BCUT2D eigenvalue weighted by molar-refractivity contribution is 9.10. The third kappa shape index (κ3) is 3.46. The lowest BCUT2D eigenvalue weighted by Crippen LogP contribution is -2.19. The molecule has 8 heteroatoms. The number of hydrogen-bond acceptors (Lipinski definition) is 3. The number of hydrogen-bond donors (Lipinski definition) is 0. The van der Waals surface area contributed by atoms with Crippen molar-refractivity contribution in [3.05, 3.63) is 34.6 Å². The van der Waals surface area contributed by atoms with Crippen LogP contribution < -0.4 is 4.74 Å². The van der Waals surface area contributed by atoms with E-state index < -0.39 is 12.8 Å². The number of halogens is 4. The summed E-state index contributed by atoms with van der Waals surface area (Å²) >= 11 is 3.30. The minimum atomic E-state index is -4.39. The molecule has 2 heterocycles. The van der Waals surface area contributed by atoms with Gasteiger partial charge in [-0.05, 0) is 35.0 Å². The fourth-order valence-electron chi connectivity index (χ4n) is 1.42. The summed E-state index contributed by atoms with van der Waals surface area (Å²) in [5, 5.41) is 3.95. The first-order valence-electron chi connectivity index (χ1n) is 5.24. The number of ether oxygens (including phenoxy) is 1.